The van der Waals surface area contributed by atoms with Gasteiger partial charge in [0, 0.05) is 6.42 Å². The third-order valence-corrected chi connectivity index (χ3v) is 2.24. The van der Waals surface area contributed by atoms with Gasteiger partial charge >= 0.3 is 0 Å². The highest BCUT2D eigenvalue weighted by Gasteiger charge is 2.11. The zero-order valence-corrected chi connectivity index (χ0v) is 8.53. The molecule has 0 aliphatic rings. The highest BCUT2D eigenvalue weighted by Crippen LogP contribution is 2.16. The summed E-state index contributed by atoms with van der Waals surface area (Å²) in [4.78, 5) is 21.5. The number of carbonyl (C=O) groups is 1. The summed E-state index contributed by atoms with van der Waals surface area (Å²) < 4.78 is 0. The second-order valence-electron chi connectivity index (χ2n) is 3.14. The fourth-order valence-corrected chi connectivity index (χ4v) is 1.42. The number of hydrogen-bond donors (Lipinski definition) is 2. The monoisotopic (exact) mass is 224 g/mol. The predicted molar refractivity (Wildman–Crippen MR) is 56.5 cm³/mol. The summed E-state index contributed by atoms with van der Waals surface area (Å²) in [6.07, 6.45) is 0.992. The van der Waals surface area contributed by atoms with Crippen LogP contribution in [0.1, 0.15) is 18.3 Å². The Kier molecular flexibility index (Phi) is 2.66. The van der Waals surface area contributed by atoms with Gasteiger partial charge in [0.25, 0.3) is 0 Å². The lowest BCUT2D eigenvalue weighted by atomic mass is 10.2. The molecular weight excluding hydrogens is 216 g/mol. The molecular formula is C9H9ClN4O. The van der Waals surface area contributed by atoms with Crippen LogP contribution >= 0.6 is 11.6 Å². The van der Waals surface area contributed by atoms with Crippen molar-refractivity contribution in [3.05, 3.63) is 23.1 Å². The number of aromatic amines is 1. The van der Waals surface area contributed by atoms with E-state index in [1.165, 1.54) is 0 Å². The lowest BCUT2D eigenvalue weighted by molar-refractivity contribution is -0.108. The Bertz CT molecular complexity index is 496. The number of halogens is 1. The van der Waals surface area contributed by atoms with Crippen LogP contribution < -0.4 is 5.73 Å². The number of imidazole rings is 1. The van der Waals surface area contributed by atoms with E-state index in [1.54, 1.807) is 12.1 Å². The van der Waals surface area contributed by atoms with Gasteiger partial charge in [0.1, 0.15) is 17.3 Å². The van der Waals surface area contributed by atoms with Crippen molar-refractivity contribution < 1.29 is 4.79 Å². The summed E-state index contributed by atoms with van der Waals surface area (Å²) in [5.74, 6) is 0.548. The zero-order valence-electron chi connectivity index (χ0n) is 7.77. The Morgan fingerprint density at radius 2 is 2.33 bits per heavy atom. The van der Waals surface area contributed by atoms with Crippen LogP contribution in [0.15, 0.2) is 12.1 Å². The minimum Gasteiger partial charge on any atom is -0.339 e. The number of hydrogen-bond acceptors (Lipinski definition) is 4. The van der Waals surface area contributed by atoms with Gasteiger partial charge in [0.15, 0.2) is 5.65 Å². The highest BCUT2D eigenvalue weighted by molar-refractivity contribution is 6.29. The number of H-pyrrole nitrogens is 1. The summed E-state index contributed by atoms with van der Waals surface area (Å²) >= 11 is 5.72. The number of rotatable bonds is 3. The van der Waals surface area contributed by atoms with Crippen LogP contribution in [0.5, 0.6) is 0 Å². The molecule has 3 N–H and O–H groups in total. The topological polar surface area (TPSA) is 84.7 Å². The Morgan fingerprint density at radius 3 is 3.07 bits per heavy atom. The Balaban J connectivity index is 2.42. The zero-order chi connectivity index (χ0) is 10.8. The van der Waals surface area contributed by atoms with Crippen molar-refractivity contribution in [2.24, 2.45) is 5.73 Å². The molecule has 6 heteroatoms. The van der Waals surface area contributed by atoms with E-state index in [1.807, 2.05) is 0 Å². The third-order valence-electron chi connectivity index (χ3n) is 2.03. The van der Waals surface area contributed by atoms with Crippen molar-refractivity contribution in [3.8, 4) is 0 Å². The van der Waals surface area contributed by atoms with Crippen molar-refractivity contribution in [2.45, 2.75) is 12.5 Å². The van der Waals surface area contributed by atoms with E-state index >= 15 is 0 Å². The number of aldehydes is 1. The molecule has 1 atom stereocenters. The van der Waals surface area contributed by atoms with Gasteiger partial charge in [-0.15, -0.1) is 0 Å². The maximum Gasteiger partial charge on any atom is 0.179 e. The number of nitrogens with zero attached hydrogens (tertiary/aromatic N) is 2. The predicted octanol–water partition coefficient (Wildman–Crippen LogP) is 1.20. The van der Waals surface area contributed by atoms with Gasteiger partial charge in [-0.05, 0) is 12.1 Å². The van der Waals surface area contributed by atoms with Crippen molar-refractivity contribution in [3.63, 3.8) is 0 Å². The van der Waals surface area contributed by atoms with Crippen LogP contribution in [-0.2, 0) is 4.79 Å². The standard InChI is InChI=1S/C9H9ClN4O/c10-7-2-1-6-9(13-7)14-8(12-6)5(11)3-4-15/h1-2,4-5H,3,11H2,(H,12,13,14). The van der Waals surface area contributed by atoms with Gasteiger partial charge in [0.05, 0.1) is 11.6 Å². The van der Waals surface area contributed by atoms with E-state index in [9.17, 15) is 4.79 Å². The summed E-state index contributed by atoms with van der Waals surface area (Å²) in [7, 11) is 0. The molecule has 2 aromatic rings. The highest BCUT2D eigenvalue weighted by atomic mass is 35.5. The molecule has 78 valence electrons. The van der Waals surface area contributed by atoms with Crippen LogP contribution in [0.3, 0.4) is 0 Å². The van der Waals surface area contributed by atoms with E-state index in [2.05, 4.69) is 15.0 Å². The SMILES string of the molecule is NC(CC=O)c1nc2nc(Cl)ccc2[nH]1. The maximum atomic E-state index is 10.3. The lowest BCUT2D eigenvalue weighted by Crippen LogP contribution is -2.12. The van der Waals surface area contributed by atoms with Crippen molar-refractivity contribution in [2.75, 3.05) is 0 Å². The Morgan fingerprint density at radius 1 is 1.53 bits per heavy atom. The number of fused-ring (bicyclic) bond motifs is 1. The van der Waals surface area contributed by atoms with Crippen LogP contribution in [-0.4, -0.2) is 21.2 Å². The first-order valence-corrected chi connectivity index (χ1v) is 4.80. The molecule has 0 amide bonds. The van der Waals surface area contributed by atoms with Crippen LogP contribution in [0.4, 0.5) is 0 Å². The molecule has 5 nitrogen and oxygen atoms in total. The second kappa shape index (κ2) is 3.96. The smallest absolute Gasteiger partial charge is 0.179 e. The van der Waals surface area contributed by atoms with Gasteiger partial charge in [-0.25, -0.2) is 9.97 Å². The van der Waals surface area contributed by atoms with Crippen molar-refractivity contribution in [1.82, 2.24) is 15.0 Å². The van der Waals surface area contributed by atoms with Gasteiger partial charge < -0.3 is 15.5 Å². The normalized spacial score (nSPS) is 12.9. The fraction of sp³-hybridized carbons (Fsp3) is 0.222. The van der Waals surface area contributed by atoms with E-state index in [0.29, 0.717) is 16.6 Å². The lowest BCUT2D eigenvalue weighted by Gasteiger charge is -2.01. The molecule has 2 heterocycles. The summed E-state index contributed by atoms with van der Waals surface area (Å²) in [5.41, 5.74) is 6.99. The summed E-state index contributed by atoms with van der Waals surface area (Å²) in [6.45, 7) is 0. The number of nitrogens with one attached hydrogen (secondary N) is 1. The molecule has 0 bridgehead atoms. The third kappa shape index (κ3) is 1.98. The number of pyridine rings is 1. The van der Waals surface area contributed by atoms with Crippen LogP contribution in [0.25, 0.3) is 11.2 Å². The maximum absolute atomic E-state index is 10.3. The molecule has 0 aliphatic carbocycles. The fourth-order valence-electron chi connectivity index (χ4n) is 1.28. The molecule has 15 heavy (non-hydrogen) atoms. The van der Waals surface area contributed by atoms with Gasteiger partial charge in [0.2, 0.25) is 0 Å². The molecule has 0 radical (unpaired) electrons. The van der Waals surface area contributed by atoms with Crippen LogP contribution in [0.2, 0.25) is 5.15 Å². The quantitative estimate of drug-likeness (QED) is 0.606. The molecule has 1 unspecified atom stereocenters. The minimum absolute atomic E-state index is 0.230. The number of nitrogens with two attached hydrogens (primary N) is 1. The van der Waals surface area contributed by atoms with E-state index < -0.39 is 6.04 Å². The van der Waals surface area contributed by atoms with E-state index in [0.717, 1.165) is 11.8 Å². The molecule has 2 aromatic heterocycles. The molecule has 0 aromatic carbocycles. The van der Waals surface area contributed by atoms with Gasteiger partial charge in [-0.1, -0.05) is 11.6 Å². The van der Waals surface area contributed by atoms with Crippen molar-refractivity contribution >= 4 is 29.1 Å². The van der Waals surface area contributed by atoms with Gasteiger partial charge in [-0.3, -0.25) is 0 Å². The first-order chi connectivity index (χ1) is 7.20. The average molecular weight is 225 g/mol. The minimum atomic E-state index is -0.421. The van der Waals surface area contributed by atoms with E-state index in [-0.39, 0.29) is 6.42 Å². The second-order valence-corrected chi connectivity index (χ2v) is 3.52. The Hall–Kier alpha value is -1.46. The first kappa shape index (κ1) is 10.1. The number of aromatic nitrogens is 3. The van der Waals surface area contributed by atoms with E-state index in [4.69, 9.17) is 17.3 Å². The first-order valence-electron chi connectivity index (χ1n) is 4.42. The molecule has 0 saturated heterocycles. The molecule has 2 rings (SSSR count). The Labute approximate surface area is 90.7 Å². The average Bonchev–Trinajstić information content (AvgIpc) is 2.60. The molecule has 0 spiro atoms. The summed E-state index contributed by atoms with van der Waals surface area (Å²) in [5, 5.41) is 0.379. The van der Waals surface area contributed by atoms with Crippen molar-refractivity contribution in [1.29, 1.82) is 0 Å². The van der Waals surface area contributed by atoms with Gasteiger partial charge in [-0.2, -0.15) is 0 Å². The molecule has 0 fully saturated rings. The molecule has 0 aliphatic heterocycles. The van der Waals surface area contributed by atoms with Crippen LogP contribution in [0, 0.1) is 0 Å². The largest absolute Gasteiger partial charge is 0.339 e. The molecule has 0 saturated carbocycles. The summed E-state index contributed by atoms with van der Waals surface area (Å²) in [6, 6.07) is 3.02. The number of carbonyl (C=O) groups excluding carboxylic acids is 1.